The lowest BCUT2D eigenvalue weighted by Gasteiger charge is -2.14. The zero-order valence-electron chi connectivity index (χ0n) is 15.7. The van der Waals surface area contributed by atoms with Crippen LogP contribution in [0.2, 0.25) is 5.02 Å². The van der Waals surface area contributed by atoms with Gasteiger partial charge in [-0.2, -0.15) is 0 Å². The van der Waals surface area contributed by atoms with Crippen LogP contribution in [0.15, 0.2) is 53.3 Å². The summed E-state index contributed by atoms with van der Waals surface area (Å²) in [4.78, 5) is 29.2. The monoisotopic (exact) mass is 416 g/mol. The van der Waals surface area contributed by atoms with Gasteiger partial charge in [0.05, 0.1) is 12.1 Å². The van der Waals surface area contributed by atoms with Gasteiger partial charge in [0.25, 0.3) is 5.56 Å². The third-order valence-corrected chi connectivity index (χ3v) is 4.27. The first-order valence-electron chi connectivity index (χ1n) is 8.60. The number of nitrogens with zero attached hydrogens (tertiary/aromatic N) is 2. The largest absolute Gasteiger partial charge is 0.495 e. The van der Waals surface area contributed by atoms with Crippen LogP contribution in [0.3, 0.4) is 0 Å². The van der Waals surface area contributed by atoms with E-state index in [0.29, 0.717) is 27.8 Å². The van der Waals surface area contributed by atoms with Gasteiger partial charge in [0.1, 0.15) is 18.1 Å². The van der Waals surface area contributed by atoms with E-state index < -0.39 is 11.5 Å². The van der Waals surface area contributed by atoms with Gasteiger partial charge >= 0.3 is 0 Å². The highest BCUT2D eigenvalue weighted by molar-refractivity contribution is 6.32. The zero-order valence-corrected chi connectivity index (χ0v) is 16.5. The summed E-state index contributed by atoms with van der Waals surface area (Å²) in [6.45, 7) is 1.39. The molecule has 3 aromatic rings. The second kappa shape index (κ2) is 8.74. The van der Waals surface area contributed by atoms with Crippen molar-refractivity contribution in [3.8, 4) is 5.75 Å². The SMILES string of the molecule is COc1ccc(NC(=O)Cn2c(Nc3ccc(F)cc3)nc(C)cc2=O)cc1Cl. The van der Waals surface area contributed by atoms with Crippen LogP contribution < -0.4 is 20.9 Å². The third kappa shape index (κ3) is 5.11. The van der Waals surface area contributed by atoms with E-state index in [0.717, 1.165) is 0 Å². The van der Waals surface area contributed by atoms with Crippen LogP contribution in [0, 0.1) is 12.7 Å². The minimum absolute atomic E-state index is 0.171. The zero-order chi connectivity index (χ0) is 21.0. The molecule has 0 fully saturated rings. The fourth-order valence-corrected chi connectivity index (χ4v) is 2.88. The van der Waals surface area contributed by atoms with Crippen molar-refractivity contribution in [2.75, 3.05) is 17.7 Å². The summed E-state index contributed by atoms with van der Waals surface area (Å²) < 4.78 is 19.4. The fourth-order valence-electron chi connectivity index (χ4n) is 2.62. The minimum Gasteiger partial charge on any atom is -0.495 e. The van der Waals surface area contributed by atoms with Gasteiger partial charge < -0.3 is 15.4 Å². The summed E-state index contributed by atoms with van der Waals surface area (Å²) in [6, 6.07) is 11.7. The maximum Gasteiger partial charge on any atom is 0.255 e. The van der Waals surface area contributed by atoms with Crippen LogP contribution in [-0.4, -0.2) is 22.6 Å². The fraction of sp³-hybridized carbons (Fsp3) is 0.150. The van der Waals surface area contributed by atoms with E-state index >= 15 is 0 Å². The number of halogens is 2. The molecular weight excluding hydrogens is 399 g/mol. The lowest BCUT2D eigenvalue weighted by molar-refractivity contribution is -0.116. The molecular formula is C20H18ClFN4O3. The molecule has 0 bridgehead atoms. The smallest absolute Gasteiger partial charge is 0.255 e. The van der Waals surface area contributed by atoms with E-state index in [-0.39, 0.29) is 18.3 Å². The highest BCUT2D eigenvalue weighted by Gasteiger charge is 2.13. The van der Waals surface area contributed by atoms with Crippen molar-refractivity contribution in [1.29, 1.82) is 0 Å². The van der Waals surface area contributed by atoms with Gasteiger partial charge in [-0.15, -0.1) is 0 Å². The average Bonchev–Trinajstić information content (AvgIpc) is 2.66. The molecule has 1 aromatic heterocycles. The first-order chi connectivity index (χ1) is 13.9. The molecule has 0 spiro atoms. The van der Waals surface area contributed by atoms with E-state index in [9.17, 15) is 14.0 Å². The Morgan fingerprint density at radius 1 is 1.17 bits per heavy atom. The van der Waals surface area contributed by atoms with E-state index in [1.807, 2.05) is 0 Å². The molecule has 0 saturated heterocycles. The molecule has 1 amide bonds. The number of aromatic nitrogens is 2. The standard InChI is InChI=1S/C20H18ClFN4O3/c1-12-9-19(28)26(20(23-12)25-14-5-3-13(22)4-6-14)11-18(27)24-15-7-8-17(29-2)16(21)10-15/h3-10H,11H2,1-2H3,(H,23,25)(H,24,27). The van der Waals surface area contributed by atoms with Crippen LogP contribution in [0.1, 0.15) is 5.69 Å². The highest BCUT2D eigenvalue weighted by Crippen LogP contribution is 2.27. The Kier molecular flexibility index (Phi) is 6.13. The molecule has 1 heterocycles. The normalized spacial score (nSPS) is 10.5. The number of rotatable bonds is 6. The Morgan fingerprint density at radius 2 is 1.86 bits per heavy atom. The predicted octanol–water partition coefficient (Wildman–Crippen LogP) is 3.74. The molecule has 0 atom stereocenters. The number of amides is 1. The van der Waals surface area contributed by atoms with Crippen molar-refractivity contribution in [2.45, 2.75) is 13.5 Å². The van der Waals surface area contributed by atoms with Gasteiger partial charge in [-0.05, 0) is 49.4 Å². The molecule has 9 heteroatoms. The molecule has 0 radical (unpaired) electrons. The molecule has 0 aliphatic carbocycles. The van der Waals surface area contributed by atoms with E-state index in [2.05, 4.69) is 15.6 Å². The van der Waals surface area contributed by atoms with Crippen LogP contribution in [0.4, 0.5) is 21.7 Å². The average molecular weight is 417 g/mol. The van der Waals surface area contributed by atoms with E-state index in [1.54, 1.807) is 25.1 Å². The Hall–Kier alpha value is -3.39. The van der Waals surface area contributed by atoms with Gasteiger partial charge in [0.15, 0.2) is 0 Å². The van der Waals surface area contributed by atoms with Crippen LogP contribution >= 0.6 is 11.6 Å². The third-order valence-electron chi connectivity index (χ3n) is 3.97. The summed E-state index contributed by atoms with van der Waals surface area (Å²) in [7, 11) is 1.49. The number of benzene rings is 2. The number of aryl methyl sites for hydroxylation is 1. The maximum absolute atomic E-state index is 13.1. The van der Waals surface area contributed by atoms with Crippen LogP contribution in [0.25, 0.3) is 0 Å². The lowest BCUT2D eigenvalue weighted by atomic mass is 10.3. The van der Waals surface area contributed by atoms with Gasteiger partial charge in [-0.1, -0.05) is 11.6 Å². The number of carbonyl (C=O) groups is 1. The summed E-state index contributed by atoms with van der Waals surface area (Å²) in [5, 5.41) is 5.97. The van der Waals surface area contributed by atoms with Crippen molar-refractivity contribution in [2.24, 2.45) is 0 Å². The molecule has 29 heavy (non-hydrogen) atoms. The number of nitrogens with one attached hydrogen (secondary N) is 2. The Morgan fingerprint density at radius 3 is 2.52 bits per heavy atom. The number of methoxy groups -OCH3 is 1. The van der Waals surface area contributed by atoms with Gasteiger partial charge in [-0.3, -0.25) is 14.2 Å². The number of hydrogen-bond donors (Lipinski definition) is 2. The van der Waals surface area contributed by atoms with Crippen LogP contribution in [-0.2, 0) is 11.3 Å². The number of carbonyl (C=O) groups excluding carboxylic acids is 1. The van der Waals surface area contributed by atoms with Crippen molar-refractivity contribution < 1.29 is 13.9 Å². The first kappa shape index (κ1) is 20.3. The maximum atomic E-state index is 13.1. The van der Waals surface area contributed by atoms with Crippen molar-refractivity contribution in [3.05, 3.63) is 75.4 Å². The number of ether oxygens (including phenoxy) is 1. The molecule has 2 N–H and O–H groups in total. The van der Waals surface area contributed by atoms with Gasteiger partial charge in [0.2, 0.25) is 11.9 Å². The Labute approximate surface area is 171 Å². The molecule has 0 saturated carbocycles. The van der Waals surface area contributed by atoms with Crippen LogP contribution in [0.5, 0.6) is 5.75 Å². The van der Waals surface area contributed by atoms with E-state index in [4.69, 9.17) is 16.3 Å². The molecule has 2 aromatic carbocycles. The summed E-state index contributed by atoms with van der Waals surface area (Å²) in [5.74, 6) is -0.178. The van der Waals surface area contributed by atoms with Gasteiger partial charge in [-0.25, -0.2) is 9.37 Å². The Bertz CT molecular complexity index is 1100. The molecule has 7 nitrogen and oxygen atoms in total. The topological polar surface area (TPSA) is 85.2 Å². The summed E-state index contributed by atoms with van der Waals surface area (Å²) in [6.07, 6.45) is 0. The van der Waals surface area contributed by atoms with Crippen molar-refractivity contribution in [1.82, 2.24) is 9.55 Å². The minimum atomic E-state index is -0.443. The lowest BCUT2D eigenvalue weighted by Crippen LogP contribution is -2.30. The molecule has 150 valence electrons. The molecule has 0 unspecified atom stereocenters. The molecule has 0 aliphatic rings. The number of anilines is 3. The predicted molar refractivity (Wildman–Crippen MR) is 110 cm³/mol. The Balaban J connectivity index is 1.82. The molecule has 0 aliphatic heterocycles. The highest BCUT2D eigenvalue weighted by atomic mass is 35.5. The second-order valence-electron chi connectivity index (χ2n) is 6.17. The van der Waals surface area contributed by atoms with Gasteiger partial charge in [0, 0.05) is 23.1 Å². The first-order valence-corrected chi connectivity index (χ1v) is 8.98. The quantitative estimate of drug-likeness (QED) is 0.639. The molecule has 3 rings (SSSR count). The second-order valence-corrected chi connectivity index (χ2v) is 6.58. The van der Waals surface area contributed by atoms with E-state index in [1.165, 1.54) is 42.0 Å². The number of hydrogen-bond acceptors (Lipinski definition) is 5. The van der Waals surface area contributed by atoms with Crippen molar-refractivity contribution >= 4 is 34.8 Å². The van der Waals surface area contributed by atoms with Crippen molar-refractivity contribution in [3.63, 3.8) is 0 Å². The summed E-state index contributed by atoms with van der Waals surface area (Å²) >= 11 is 6.06. The summed E-state index contributed by atoms with van der Waals surface area (Å²) in [5.41, 5.74) is 1.07.